The highest BCUT2D eigenvalue weighted by Gasteiger charge is 2.23. The molecule has 5 nitrogen and oxygen atoms in total. The fourth-order valence-electron chi connectivity index (χ4n) is 1.99. The van der Waals surface area contributed by atoms with Crippen LogP contribution in [0.3, 0.4) is 0 Å². The Morgan fingerprint density at radius 1 is 1.24 bits per heavy atom. The molecule has 0 aliphatic rings. The van der Waals surface area contributed by atoms with Crippen LogP contribution in [0, 0.1) is 0 Å². The van der Waals surface area contributed by atoms with Crippen molar-refractivity contribution in [2.45, 2.75) is 24.8 Å². The van der Waals surface area contributed by atoms with E-state index in [2.05, 4.69) is 0 Å². The topological polar surface area (TPSA) is 60.9 Å². The molecule has 0 unspecified atom stereocenters. The van der Waals surface area contributed by atoms with E-state index < -0.39 is 10.0 Å². The lowest BCUT2D eigenvalue weighted by atomic mass is 10.2. The second-order valence-electron chi connectivity index (χ2n) is 5.06. The molecule has 1 rings (SSSR count). The third-order valence-electron chi connectivity index (χ3n) is 3.19. The van der Waals surface area contributed by atoms with E-state index in [1.54, 1.807) is 0 Å². The molecule has 0 spiro atoms. The quantitative estimate of drug-likeness (QED) is 0.787. The Kier molecular flexibility index (Phi) is 7.09. The first-order chi connectivity index (χ1) is 9.82. The first kappa shape index (κ1) is 18.4. The van der Waals surface area contributed by atoms with Gasteiger partial charge in [0.2, 0.25) is 10.0 Å². The minimum Gasteiger partial charge on any atom is -0.392 e. The Bertz CT molecular complexity index is 561. The number of aliphatic hydroxyl groups is 1. The Hall–Kier alpha value is -0.660. The third-order valence-corrected chi connectivity index (χ3v) is 5.53. The summed E-state index contributed by atoms with van der Waals surface area (Å²) in [5.74, 6) is 0. The highest BCUT2D eigenvalue weighted by Crippen LogP contribution is 2.23. The molecule has 0 fully saturated rings. The van der Waals surface area contributed by atoms with Gasteiger partial charge >= 0.3 is 0 Å². The Morgan fingerprint density at radius 3 is 2.43 bits per heavy atom. The maximum absolute atomic E-state index is 12.6. The summed E-state index contributed by atoms with van der Waals surface area (Å²) in [6.45, 7) is 3.24. The molecule has 120 valence electrons. The Balaban J connectivity index is 2.96. The Labute approximate surface area is 132 Å². The van der Waals surface area contributed by atoms with Gasteiger partial charge in [0.1, 0.15) is 0 Å². The van der Waals surface area contributed by atoms with Gasteiger partial charge in [0.05, 0.1) is 11.5 Å². The maximum atomic E-state index is 12.6. The van der Waals surface area contributed by atoms with Crippen molar-refractivity contribution in [1.82, 2.24) is 9.21 Å². The van der Waals surface area contributed by atoms with Crippen molar-refractivity contribution in [2.24, 2.45) is 0 Å². The van der Waals surface area contributed by atoms with Crippen LogP contribution in [0.2, 0.25) is 5.02 Å². The predicted octanol–water partition coefficient (Wildman–Crippen LogP) is 1.79. The van der Waals surface area contributed by atoms with Gasteiger partial charge in [0, 0.05) is 18.1 Å². The number of benzene rings is 1. The van der Waals surface area contributed by atoms with Gasteiger partial charge in [-0.1, -0.05) is 18.5 Å². The van der Waals surface area contributed by atoms with E-state index >= 15 is 0 Å². The monoisotopic (exact) mass is 334 g/mol. The van der Waals surface area contributed by atoms with Crippen LogP contribution in [0.4, 0.5) is 0 Å². The number of sulfonamides is 1. The minimum absolute atomic E-state index is 0.169. The number of halogens is 1. The van der Waals surface area contributed by atoms with Crippen molar-refractivity contribution in [1.29, 1.82) is 0 Å². The Morgan fingerprint density at radius 2 is 1.90 bits per heavy atom. The van der Waals surface area contributed by atoms with Crippen LogP contribution in [0.5, 0.6) is 0 Å². The molecule has 7 heteroatoms. The lowest BCUT2D eigenvalue weighted by molar-refractivity contribution is 0.281. The third kappa shape index (κ3) is 4.93. The molecule has 0 saturated heterocycles. The standard InChI is InChI=1S/C14H23ClN2O3S/c1-4-17(9-5-8-16(2)3)21(19,20)13-6-7-14(15)12(10-13)11-18/h6-7,10,18H,4-5,8-9,11H2,1-3H3. The van der Waals surface area contributed by atoms with E-state index in [9.17, 15) is 13.5 Å². The van der Waals surface area contributed by atoms with E-state index in [-0.39, 0.29) is 11.5 Å². The summed E-state index contributed by atoms with van der Waals surface area (Å²) in [6.07, 6.45) is 0.764. The fourth-order valence-corrected chi connectivity index (χ4v) is 3.71. The van der Waals surface area contributed by atoms with Gasteiger partial charge in [-0.05, 0) is 50.8 Å². The zero-order valence-electron chi connectivity index (χ0n) is 12.7. The van der Waals surface area contributed by atoms with E-state index in [4.69, 9.17) is 11.6 Å². The lowest BCUT2D eigenvalue weighted by Crippen LogP contribution is -2.33. The fraction of sp³-hybridized carbons (Fsp3) is 0.571. The number of aliphatic hydroxyl groups excluding tert-OH is 1. The van der Waals surface area contributed by atoms with Crippen LogP contribution >= 0.6 is 11.6 Å². The number of hydrogen-bond donors (Lipinski definition) is 1. The number of nitrogens with zero attached hydrogens (tertiary/aromatic N) is 2. The molecule has 0 aliphatic heterocycles. The molecule has 0 saturated carbocycles. The first-order valence-corrected chi connectivity index (χ1v) is 8.69. The van der Waals surface area contributed by atoms with Gasteiger partial charge in [0.15, 0.2) is 0 Å². The number of hydrogen-bond acceptors (Lipinski definition) is 4. The van der Waals surface area contributed by atoms with Crippen LogP contribution in [-0.2, 0) is 16.6 Å². The van der Waals surface area contributed by atoms with E-state index in [0.717, 1.165) is 13.0 Å². The summed E-state index contributed by atoms with van der Waals surface area (Å²) in [5.41, 5.74) is 0.419. The molecule has 0 bridgehead atoms. The molecule has 0 radical (unpaired) electrons. The van der Waals surface area contributed by atoms with Crippen LogP contribution in [0.25, 0.3) is 0 Å². The smallest absolute Gasteiger partial charge is 0.243 e. The average Bonchev–Trinajstić information content (AvgIpc) is 2.43. The van der Waals surface area contributed by atoms with Gasteiger partial charge in [-0.3, -0.25) is 0 Å². The van der Waals surface area contributed by atoms with Crippen molar-refractivity contribution in [3.63, 3.8) is 0 Å². The van der Waals surface area contributed by atoms with Crippen LogP contribution < -0.4 is 0 Å². The molecule has 1 aromatic carbocycles. The van der Waals surface area contributed by atoms with Crippen molar-refractivity contribution in [3.05, 3.63) is 28.8 Å². The van der Waals surface area contributed by atoms with Crippen molar-refractivity contribution >= 4 is 21.6 Å². The van der Waals surface area contributed by atoms with Crippen LogP contribution in [-0.4, -0.2) is 56.5 Å². The molecule has 1 N–H and O–H groups in total. The summed E-state index contributed by atoms with van der Waals surface area (Å²) in [7, 11) is 0.358. The van der Waals surface area contributed by atoms with Gasteiger partial charge in [-0.2, -0.15) is 4.31 Å². The summed E-state index contributed by atoms with van der Waals surface area (Å²) >= 11 is 5.90. The zero-order chi connectivity index (χ0) is 16.0. The summed E-state index contributed by atoms with van der Waals surface area (Å²) in [4.78, 5) is 2.19. The molecule has 0 heterocycles. The zero-order valence-corrected chi connectivity index (χ0v) is 14.3. The van der Waals surface area contributed by atoms with Crippen LogP contribution in [0.15, 0.2) is 23.1 Å². The SMILES string of the molecule is CCN(CCCN(C)C)S(=O)(=O)c1ccc(Cl)c(CO)c1. The largest absolute Gasteiger partial charge is 0.392 e. The minimum atomic E-state index is -3.55. The molecule has 21 heavy (non-hydrogen) atoms. The van der Waals surface area contributed by atoms with Crippen molar-refractivity contribution in [3.8, 4) is 0 Å². The van der Waals surface area contributed by atoms with Crippen molar-refractivity contribution < 1.29 is 13.5 Å². The second kappa shape index (κ2) is 8.10. The van der Waals surface area contributed by atoms with E-state index in [1.165, 1.54) is 22.5 Å². The first-order valence-electron chi connectivity index (χ1n) is 6.87. The predicted molar refractivity (Wildman–Crippen MR) is 85.0 cm³/mol. The normalized spacial score (nSPS) is 12.3. The molecular formula is C14H23ClN2O3S. The van der Waals surface area contributed by atoms with E-state index in [0.29, 0.717) is 23.7 Å². The van der Waals surface area contributed by atoms with Gasteiger partial charge in [0.25, 0.3) is 0 Å². The average molecular weight is 335 g/mol. The summed E-state index contributed by atoms with van der Waals surface area (Å²) in [5, 5.41) is 9.58. The molecule has 0 amide bonds. The molecular weight excluding hydrogens is 312 g/mol. The molecule has 0 atom stereocenters. The summed E-state index contributed by atoms with van der Waals surface area (Å²) < 4.78 is 26.7. The summed E-state index contributed by atoms with van der Waals surface area (Å²) in [6, 6.07) is 4.42. The highest BCUT2D eigenvalue weighted by molar-refractivity contribution is 7.89. The molecule has 1 aromatic rings. The highest BCUT2D eigenvalue weighted by atomic mass is 35.5. The van der Waals surface area contributed by atoms with Gasteiger partial charge < -0.3 is 10.0 Å². The molecule has 0 aromatic heterocycles. The van der Waals surface area contributed by atoms with Gasteiger partial charge in [-0.25, -0.2) is 8.42 Å². The van der Waals surface area contributed by atoms with Crippen molar-refractivity contribution in [2.75, 3.05) is 33.7 Å². The number of rotatable bonds is 8. The van der Waals surface area contributed by atoms with Gasteiger partial charge in [-0.15, -0.1) is 0 Å². The van der Waals surface area contributed by atoms with Crippen LogP contribution in [0.1, 0.15) is 18.9 Å². The lowest BCUT2D eigenvalue weighted by Gasteiger charge is -2.21. The second-order valence-corrected chi connectivity index (χ2v) is 7.41. The molecule has 0 aliphatic carbocycles. The van der Waals surface area contributed by atoms with E-state index in [1.807, 2.05) is 25.9 Å². The maximum Gasteiger partial charge on any atom is 0.243 e.